The van der Waals surface area contributed by atoms with E-state index in [9.17, 15) is 0 Å². The van der Waals surface area contributed by atoms with Crippen molar-refractivity contribution >= 4 is 11.8 Å². The molecule has 0 heterocycles. The van der Waals surface area contributed by atoms with E-state index >= 15 is 0 Å². The van der Waals surface area contributed by atoms with E-state index in [1.807, 2.05) is 11.8 Å². The van der Waals surface area contributed by atoms with Crippen molar-refractivity contribution in [3.8, 4) is 0 Å². The lowest BCUT2D eigenvalue weighted by atomic mass is 10.1. The molecule has 0 aliphatic heterocycles. The molecule has 0 radical (unpaired) electrons. The second kappa shape index (κ2) is 5.30. The average molecular weight is 195 g/mol. The van der Waals surface area contributed by atoms with Crippen molar-refractivity contribution in [3.63, 3.8) is 0 Å². The van der Waals surface area contributed by atoms with Crippen LogP contribution in [0.15, 0.2) is 23.1 Å². The van der Waals surface area contributed by atoms with Gasteiger partial charge in [-0.1, -0.05) is 6.07 Å². The first-order chi connectivity index (χ1) is 6.24. The van der Waals surface area contributed by atoms with Crippen LogP contribution in [0.1, 0.15) is 17.5 Å². The molecule has 0 saturated heterocycles. The number of nitrogens with two attached hydrogens (primary N) is 1. The van der Waals surface area contributed by atoms with Gasteiger partial charge in [-0.15, -0.1) is 11.8 Å². The summed E-state index contributed by atoms with van der Waals surface area (Å²) in [5.74, 6) is 1.12. The van der Waals surface area contributed by atoms with Crippen LogP contribution >= 0.6 is 11.8 Å². The van der Waals surface area contributed by atoms with Crippen molar-refractivity contribution in [2.45, 2.75) is 25.2 Å². The van der Waals surface area contributed by atoms with Gasteiger partial charge < -0.3 is 5.73 Å². The highest BCUT2D eigenvalue weighted by molar-refractivity contribution is 7.99. The molecular formula is C11H17NS. The highest BCUT2D eigenvalue weighted by atomic mass is 32.2. The van der Waals surface area contributed by atoms with Gasteiger partial charge >= 0.3 is 0 Å². The number of thioether (sulfide) groups is 1. The van der Waals surface area contributed by atoms with Crippen molar-refractivity contribution in [1.82, 2.24) is 0 Å². The lowest BCUT2D eigenvalue weighted by molar-refractivity contribution is 0.943. The van der Waals surface area contributed by atoms with Crippen molar-refractivity contribution in [1.29, 1.82) is 0 Å². The summed E-state index contributed by atoms with van der Waals surface area (Å²) in [6.07, 6.45) is 1.09. The molecule has 1 rings (SSSR count). The molecular weight excluding hydrogens is 178 g/mol. The molecule has 0 aromatic heterocycles. The summed E-state index contributed by atoms with van der Waals surface area (Å²) >= 11 is 1.89. The van der Waals surface area contributed by atoms with E-state index in [1.54, 1.807) is 0 Å². The Balaban J connectivity index is 2.53. The third kappa shape index (κ3) is 3.41. The standard InChI is InChI=1S/C11H17NS/c1-9-4-5-11(8-10(9)2)13-7-3-6-12/h4-5,8H,3,6-7,12H2,1-2H3. The fourth-order valence-corrected chi connectivity index (χ4v) is 2.05. The maximum Gasteiger partial charge on any atom is 0.00747 e. The number of hydrogen-bond donors (Lipinski definition) is 1. The van der Waals surface area contributed by atoms with E-state index in [0.29, 0.717) is 0 Å². The Labute approximate surface area is 84.7 Å². The summed E-state index contributed by atoms with van der Waals surface area (Å²) in [5.41, 5.74) is 8.17. The first-order valence-corrected chi connectivity index (χ1v) is 5.62. The third-order valence-electron chi connectivity index (χ3n) is 2.10. The van der Waals surface area contributed by atoms with Gasteiger partial charge in [0.1, 0.15) is 0 Å². The highest BCUT2D eigenvalue weighted by Crippen LogP contribution is 2.21. The molecule has 0 saturated carbocycles. The quantitative estimate of drug-likeness (QED) is 0.590. The largest absolute Gasteiger partial charge is 0.330 e. The lowest BCUT2D eigenvalue weighted by Crippen LogP contribution is -1.99. The van der Waals surface area contributed by atoms with Gasteiger partial charge in [-0.3, -0.25) is 0 Å². The lowest BCUT2D eigenvalue weighted by Gasteiger charge is -2.04. The molecule has 0 unspecified atom stereocenters. The zero-order chi connectivity index (χ0) is 9.68. The van der Waals surface area contributed by atoms with Gasteiger partial charge in [-0.25, -0.2) is 0 Å². The molecule has 0 aliphatic carbocycles. The summed E-state index contributed by atoms with van der Waals surface area (Å²) in [7, 11) is 0. The second-order valence-corrected chi connectivity index (χ2v) is 4.41. The monoisotopic (exact) mass is 195 g/mol. The minimum Gasteiger partial charge on any atom is -0.330 e. The minimum absolute atomic E-state index is 0.790. The van der Waals surface area contributed by atoms with Gasteiger partial charge in [0.05, 0.1) is 0 Å². The molecule has 1 nitrogen and oxygen atoms in total. The topological polar surface area (TPSA) is 26.0 Å². The molecule has 0 spiro atoms. The first kappa shape index (κ1) is 10.6. The Kier molecular flexibility index (Phi) is 4.33. The van der Waals surface area contributed by atoms with E-state index in [0.717, 1.165) is 18.7 Å². The van der Waals surface area contributed by atoms with Gasteiger partial charge in [-0.05, 0) is 55.8 Å². The summed E-state index contributed by atoms with van der Waals surface area (Å²) < 4.78 is 0. The van der Waals surface area contributed by atoms with Gasteiger partial charge in [0, 0.05) is 4.90 Å². The normalized spacial score (nSPS) is 10.4. The molecule has 0 fully saturated rings. The summed E-state index contributed by atoms with van der Waals surface area (Å²) in [5, 5.41) is 0. The predicted octanol–water partition coefficient (Wildman–Crippen LogP) is 2.74. The summed E-state index contributed by atoms with van der Waals surface area (Å²) in [4.78, 5) is 1.36. The predicted molar refractivity (Wildman–Crippen MR) is 60.3 cm³/mol. The zero-order valence-electron chi connectivity index (χ0n) is 8.34. The molecule has 1 aromatic carbocycles. The van der Waals surface area contributed by atoms with Crippen molar-refractivity contribution in [2.24, 2.45) is 5.73 Å². The molecule has 1 aromatic rings. The zero-order valence-corrected chi connectivity index (χ0v) is 9.16. The van der Waals surface area contributed by atoms with Crippen LogP contribution in [0.4, 0.5) is 0 Å². The van der Waals surface area contributed by atoms with Crippen LogP contribution in [0, 0.1) is 13.8 Å². The van der Waals surface area contributed by atoms with E-state index in [4.69, 9.17) is 5.73 Å². The van der Waals surface area contributed by atoms with E-state index in [2.05, 4.69) is 32.0 Å². The van der Waals surface area contributed by atoms with E-state index in [-0.39, 0.29) is 0 Å². The Bertz CT molecular complexity index is 271. The maximum absolute atomic E-state index is 5.43. The van der Waals surface area contributed by atoms with E-state index in [1.165, 1.54) is 16.0 Å². The molecule has 0 bridgehead atoms. The van der Waals surface area contributed by atoms with Crippen LogP contribution in [0.5, 0.6) is 0 Å². The molecule has 2 heteroatoms. The average Bonchev–Trinajstić information content (AvgIpc) is 2.12. The third-order valence-corrected chi connectivity index (χ3v) is 3.18. The summed E-state index contributed by atoms with van der Waals surface area (Å²) in [6, 6.07) is 6.61. The molecule has 0 amide bonds. The second-order valence-electron chi connectivity index (χ2n) is 3.24. The Morgan fingerprint density at radius 2 is 2.00 bits per heavy atom. The van der Waals surface area contributed by atoms with Gasteiger partial charge in [0.15, 0.2) is 0 Å². The van der Waals surface area contributed by atoms with Crippen LogP contribution < -0.4 is 5.73 Å². The highest BCUT2D eigenvalue weighted by Gasteiger charge is 1.96. The fraction of sp³-hybridized carbons (Fsp3) is 0.455. The molecule has 72 valence electrons. The SMILES string of the molecule is Cc1ccc(SCCCN)cc1C. The number of benzene rings is 1. The van der Waals surface area contributed by atoms with Crippen molar-refractivity contribution in [3.05, 3.63) is 29.3 Å². The number of rotatable bonds is 4. The molecule has 0 aliphatic rings. The number of hydrogen-bond acceptors (Lipinski definition) is 2. The first-order valence-electron chi connectivity index (χ1n) is 4.64. The Morgan fingerprint density at radius 3 is 2.62 bits per heavy atom. The van der Waals surface area contributed by atoms with Crippen LogP contribution in [0.25, 0.3) is 0 Å². The van der Waals surface area contributed by atoms with Gasteiger partial charge in [-0.2, -0.15) is 0 Å². The Hall–Kier alpha value is -0.470. The van der Waals surface area contributed by atoms with Crippen LogP contribution in [-0.4, -0.2) is 12.3 Å². The van der Waals surface area contributed by atoms with Crippen LogP contribution in [0.2, 0.25) is 0 Å². The van der Waals surface area contributed by atoms with Crippen LogP contribution in [-0.2, 0) is 0 Å². The van der Waals surface area contributed by atoms with Gasteiger partial charge in [0.25, 0.3) is 0 Å². The fourth-order valence-electron chi connectivity index (χ4n) is 1.08. The minimum atomic E-state index is 0.790. The molecule has 0 atom stereocenters. The maximum atomic E-state index is 5.43. The number of aryl methyl sites for hydroxylation is 2. The summed E-state index contributed by atoms with van der Waals surface area (Å²) in [6.45, 7) is 5.09. The Morgan fingerprint density at radius 1 is 1.23 bits per heavy atom. The smallest absolute Gasteiger partial charge is 0.00747 e. The molecule has 2 N–H and O–H groups in total. The van der Waals surface area contributed by atoms with E-state index < -0.39 is 0 Å². The van der Waals surface area contributed by atoms with Crippen LogP contribution in [0.3, 0.4) is 0 Å². The molecule has 13 heavy (non-hydrogen) atoms. The van der Waals surface area contributed by atoms with Gasteiger partial charge in [0.2, 0.25) is 0 Å². The van der Waals surface area contributed by atoms with Crippen molar-refractivity contribution < 1.29 is 0 Å². The van der Waals surface area contributed by atoms with Crippen molar-refractivity contribution in [2.75, 3.05) is 12.3 Å².